The highest BCUT2D eigenvalue weighted by Crippen LogP contribution is 2.30. The highest BCUT2D eigenvalue weighted by atomic mass is 32.2. The molecule has 124 valence electrons. The van der Waals surface area contributed by atoms with Gasteiger partial charge in [-0.2, -0.15) is 0 Å². The van der Waals surface area contributed by atoms with Gasteiger partial charge in [-0.25, -0.2) is 14.8 Å². The minimum Gasteiger partial charge on any atom is -0.423 e. The van der Waals surface area contributed by atoms with Gasteiger partial charge in [-0.15, -0.1) is 0 Å². The van der Waals surface area contributed by atoms with Gasteiger partial charge in [-0.3, -0.25) is 0 Å². The molecule has 0 radical (unpaired) electrons. The highest BCUT2D eigenvalue weighted by molar-refractivity contribution is 7.98. The van der Waals surface area contributed by atoms with Crippen molar-refractivity contribution in [3.63, 3.8) is 0 Å². The molecule has 0 fully saturated rings. The van der Waals surface area contributed by atoms with Gasteiger partial charge in [0.1, 0.15) is 17.2 Å². The Morgan fingerprint density at radius 1 is 1.00 bits per heavy atom. The zero-order valence-electron chi connectivity index (χ0n) is 13.1. The molecule has 4 N–H and O–H groups in total. The van der Waals surface area contributed by atoms with Crippen LogP contribution in [-0.2, 0) is 5.75 Å². The second kappa shape index (κ2) is 6.10. The molecule has 0 spiro atoms. The molecule has 0 aliphatic carbocycles. The van der Waals surface area contributed by atoms with E-state index in [0.29, 0.717) is 28.1 Å². The van der Waals surface area contributed by atoms with E-state index in [0.717, 1.165) is 21.7 Å². The summed E-state index contributed by atoms with van der Waals surface area (Å²) in [5.41, 5.74) is 12.5. The van der Waals surface area contributed by atoms with Crippen molar-refractivity contribution >= 4 is 45.1 Å². The van der Waals surface area contributed by atoms with Crippen molar-refractivity contribution in [3.05, 3.63) is 64.5 Å². The average Bonchev–Trinajstić information content (AvgIpc) is 2.58. The number of anilines is 2. The Hall–Kier alpha value is -3.06. The van der Waals surface area contributed by atoms with E-state index in [9.17, 15) is 4.79 Å². The molecule has 0 aliphatic heterocycles. The Morgan fingerprint density at radius 3 is 2.56 bits per heavy atom. The first-order valence-electron chi connectivity index (χ1n) is 7.57. The van der Waals surface area contributed by atoms with Gasteiger partial charge in [0.15, 0.2) is 5.16 Å². The third kappa shape index (κ3) is 3.01. The summed E-state index contributed by atoms with van der Waals surface area (Å²) < 4.78 is 5.36. The van der Waals surface area contributed by atoms with Gasteiger partial charge in [0, 0.05) is 23.3 Å². The molecule has 0 amide bonds. The third-order valence-corrected chi connectivity index (χ3v) is 4.71. The van der Waals surface area contributed by atoms with Crippen LogP contribution in [0.5, 0.6) is 0 Å². The number of nitrogens with two attached hydrogens (primary N) is 2. The van der Waals surface area contributed by atoms with Crippen LogP contribution in [0.2, 0.25) is 0 Å². The number of rotatable bonds is 3. The fraction of sp³-hybridized carbons (Fsp3) is 0.0556. The molecule has 25 heavy (non-hydrogen) atoms. The minimum atomic E-state index is -0.383. The average molecular weight is 350 g/mol. The number of nitrogens with zero attached hydrogens (tertiary/aromatic N) is 2. The van der Waals surface area contributed by atoms with Crippen LogP contribution in [0.25, 0.3) is 21.7 Å². The molecule has 2 aromatic carbocycles. The first-order valence-corrected chi connectivity index (χ1v) is 8.56. The van der Waals surface area contributed by atoms with Crippen molar-refractivity contribution < 1.29 is 4.42 Å². The molecule has 0 saturated carbocycles. The molecule has 0 bridgehead atoms. The van der Waals surface area contributed by atoms with Crippen LogP contribution < -0.4 is 17.1 Å². The molecule has 0 unspecified atom stereocenters. The molecule has 2 heterocycles. The van der Waals surface area contributed by atoms with Gasteiger partial charge in [-0.1, -0.05) is 42.1 Å². The molecular formula is C18H14N4O2S. The van der Waals surface area contributed by atoms with Gasteiger partial charge in [0.05, 0.1) is 0 Å². The number of aromatic nitrogens is 2. The number of hydrogen-bond donors (Lipinski definition) is 2. The first-order chi connectivity index (χ1) is 12.1. The fourth-order valence-electron chi connectivity index (χ4n) is 2.80. The van der Waals surface area contributed by atoms with Crippen molar-refractivity contribution in [3.8, 4) is 0 Å². The molecule has 6 nitrogen and oxygen atoms in total. The van der Waals surface area contributed by atoms with Crippen LogP contribution in [0.15, 0.2) is 62.9 Å². The monoisotopic (exact) mass is 350 g/mol. The zero-order valence-corrected chi connectivity index (χ0v) is 13.9. The summed E-state index contributed by atoms with van der Waals surface area (Å²) in [5.74, 6) is 1.13. The smallest absolute Gasteiger partial charge is 0.336 e. The number of hydrogen-bond acceptors (Lipinski definition) is 7. The van der Waals surface area contributed by atoms with Crippen LogP contribution in [0, 0.1) is 0 Å². The number of nitrogen functional groups attached to an aromatic ring is 2. The molecule has 2 aromatic heterocycles. The molecule has 7 heteroatoms. The molecular weight excluding hydrogens is 336 g/mol. The fourth-order valence-corrected chi connectivity index (χ4v) is 3.65. The predicted molar refractivity (Wildman–Crippen MR) is 100 cm³/mol. The van der Waals surface area contributed by atoms with Crippen molar-refractivity contribution in [1.29, 1.82) is 0 Å². The summed E-state index contributed by atoms with van der Waals surface area (Å²) in [6.45, 7) is 0. The Bertz CT molecular complexity index is 1140. The van der Waals surface area contributed by atoms with E-state index in [2.05, 4.69) is 9.97 Å². The van der Waals surface area contributed by atoms with Crippen LogP contribution in [-0.4, -0.2) is 9.97 Å². The minimum absolute atomic E-state index is 0.317. The van der Waals surface area contributed by atoms with Gasteiger partial charge in [0.2, 0.25) is 0 Å². The summed E-state index contributed by atoms with van der Waals surface area (Å²) in [4.78, 5) is 20.2. The quantitative estimate of drug-likeness (QED) is 0.253. The van der Waals surface area contributed by atoms with Crippen molar-refractivity contribution in [1.82, 2.24) is 9.97 Å². The van der Waals surface area contributed by atoms with Crippen LogP contribution >= 0.6 is 11.8 Å². The largest absolute Gasteiger partial charge is 0.423 e. The van der Waals surface area contributed by atoms with Gasteiger partial charge < -0.3 is 15.9 Å². The lowest BCUT2D eigenvalue weighted by Gasteiger charge is -2.08. The van der Waals surface area contributed by atoms with E-state index in [1.54, 1.807) is 0 Å². The summed E-state index contributed by atoms with van der Waals surface area (Å²) in [6.07, 6.45) is 0. The summed E-state index contributed by atoms with van der Waals surface area (Å²) >= 11 is 1.37. The van der Waals surface area contributed by atoms with Crippen molar-refractivity contribution in [2.24, 2.45) is 0 Å². The van der Waals surface area contributed by atoms with E-state index < -0.39 is 0 Å². The van der Waals surface area contributed by atoms with Gasteiger partial charge in [-0.05, 0) is 22.4 Å². The third-order valence-electron chi connectivity index (χ3n) is 3.82. The number of benzene rings is 2. The van der Waals surface area contributed by atoms with Gasteiger partial charge in [0.25, 0.3) is 0 Å². The number of thioether (sulfide) groups is 1. The van der Waals surface area contributed by atoms with E-state index in [1.807, 2.05) is 36.4 Å². The highest BCUT2D eigenvalue weighted by Gasteiger charge is 2.11. The lowest BCUT2D eigenvalue weighted by Crippen LogP contribution is -2.02. The first kappa shape index (κ1) is 15.5. The van der Waals surface area contributed by atoms with Gasteiger partial charge >= 0.3 is 5.63 Å². The maximum absolute atomic E-state index is 11.9. The van der Waals surface area contributed by atoms with Crippen molar-refractivity contribution in [2.75, 3.05) is 11.5 Å². The maximum Gasteiger partial charge on any atom is 0.336 e. The molecule has 4 aromatic rings. The molecule has 0 aliphatic rings. The van der Waals surface area contributed by atoms with Crippen LogP contribution in [0.1, 0.15) is 5.56 Å². The maximum atomic E-state index is 11.9. The second-order valence-electron chi connectivity index (χ2n) is 5.54. The normalized spacial score (nSPS) is 11.2. The standard InChI is InChI=1S/C18H14N4O2S/c19-14-8-15(20)22-18(21-14)25-9-11-7-16(23)24-13-6-5-10-3-1-2-4-12(10)17(11)13/h1-8H,9H2,(H4,19,20,21,22). The zero-order chi connectivity index (χ0) is 17.4. The lowest BCUT2D eigenvalue weighted by atomic mass is 10.0. The Balaban J connectivity index is 1.83. The SMILES string of the molecule is Nc1cc(N)nc(SCc2cc(=O)oc3ccc4ccccc4c23)n1. The summed E-state index contributed by atoms with van der Waals surface area (Å²) in [6, 6.07) is 14.8. The second-order valence-corrected chi connectivity index (χ2v) is 6.48. The van der Waals surface area contributed by atoms with E-state index in [4.69, 9.17) is 15.9 Å². The summed E-state index contributed by atoms with van der Waals surface area (Å²) in [5, 5.41) is 3.51. The molecule has 4 rings (SSSR count). The van der Waals surface area contributed by atoms with Crippen LogP contribution in [0.3, 0.4) is 0 Å². The number of fused-ring (bicyclic) bond motifs is 3. The Labute approximate surface area is 146 Å². The van der Waals surface area contributed by atoms with Crippen molar-refractivity contribution in [2.45, 2.75) is 10.9 Å². The topological polar surface area (TPSA) is 108 Å². The molecule has 0 saturated heterocycles. The Kier molecular flexibility index (Phi) is 3.77. The van der Waals surface area contributed by atoms with E-state index in [-0.39, 0.29) is 5.63 Å². The van der Waals surface area contributed by atoms with E-state index in [1.165, 1.54) is 23.9 Å². The Morgan fingerprint density at radius 2 is 1.76 bits per heavy atom. The van der Waals surface area contributed by atoms with E-state index >= 15 is 0 Å². The summed E-state index contributed by atoms with van der Waals surface area (Å²) in [7, 11) is 0. The lowest BCUT2D eigenvalue weighted by molar-refractivity contribution is 0.560. The predicted octanol–water partition coefficient (Wildman–Crippen LogP) is 3.19. The van der Waals surface area contributed by atoms with Crippen LogP contribution in [0.4, 0.5) is 11.6 Å². The molecule has 0 atom stereocenters.